The smallest absolute Gasteiger partial charge is 0.138 e. The van der Waals surface area contributed by atoms with Gasteiger partial charge in [0.1, 0.15) is 12.2 Å². The van der Waals surface area contributed by atoms with E-state index in [1.54, 1.807) is 6.33 Å². The molecule has 4 nitrogen and oxygen atoms in total. The lowest BCUT2D eigenvalue weighted by molar-refractivity contribution is 0.172. The van der Waals surface area contributed by atoms with Gasteiger partial charge in [-0.05, 0) is 36.5 Å². The van der Waals surface area contributed by atoms with Crippen molar-refractivity contribution in [3.05, 3.63) is 47.0 Å². The van der Waals surface area contributed by atoms with E-state index >= 15 is 0 Å². The molecule has 1 N–H and O–H groups in total. The van der Waals surface area contributed by atoms with Gasteiger partial charge < -0.3 is 5.11 Å². The fourth-order valence-corrected chi connectivity index (χ4v) is 2.36. The highest BCUT2D eigenvalue weighted by Gasteiger charge is 2.16. The van der Waals surface area contributed by atoms with Gasteiger partial charge in [0, 0.05) is 13.0 Å². The summed E-state index contributed by atoms with van der Waals surface area (Å²) in [4.78, 5) is 4.28. The van der Waals surface area contributed by atoms with Crippen LogP contribution in [0, 0.1) is 19.8 Å². The van der Waals surface area contributed by atoms with Crippen LogP contribution in [0.15, 0.2) is 24.5 Å². The molecule has 1 unspecified atom stereocenters. The maximum Gasteiger partial charge on any atom is 0.138 e. The molecule has 0 radical (unpaired) electrons. The fourth-order valence-electron chi connectivity index (χ4n) is 2.36. The van der Waals surface area contributed by atoms with E-state index in [2.05, 4.69) is 36.9 Å². The van der Waals surface area contributed by atoms with E-state index < -0.39 is 6.10 Å². The maximum absolute atomic E-state index is 10.5. The fraction of sp³-hybridized carbons (Fsp3) is 0.500. The van der Waals surface area contributed by atoms with Crippen LogP contribution in [-0.4, -0.2) is 19.9 Å². The Morgan fingerprint density at radius 3 is 2.70 bits per heavy atom. The topological polar surface area (TPSA) is 50.9 Å². The van der Waals surface area contributed by atoms with E-state index in [1.165, 1.54) is 5.56 Å². The van der Waals surface area contributed by atoms with E-state index in [0.717, 1.165) is 23.5 Å². The molecule has 0 bridgehead atoms. The number of aliphatic hydroxyl groups is 1. The Hall–Kier alpha value is -1.68. The standard InChI is InChI=1S/C16H23N3O/c1-11(2)9-19-16(17-10-18-19)8-15(20)14-7-5-6-12(3)13(14)4/h5-7,10-11,15,20H,8-9H2,1-4H3. The van der Waals surface area contributed by atoms with Gasteiger partial charge in [-0.25, -0.2) is 9.67 Å². The quantitative estimate of drug-likeness (QED) is 0.911. The number of hydrogen-bond donors (Lipinski definition) is 1. The average Bonchev–Trinajstić information content (AvgIpc) is 2.79. The highest BCUT2D eigenvalue weighted by Crippen LogP contribution is 2.23. The second-order valence-corrected chi connectivity index (χ2v) is 5.76. The Balaban J connectivity index is 2.17. The molecule has 1 atom stereocenters. The van der Waals surface area contributed by atoms with Crippen molar-refractivity contribution in [3.63, 3.8) is 0 Å². The molecule has 20 heavy (non-hydrogen) atoms. The van der Waals surface area contributed by atoms with Gasteiger partial charge in [0.2, 0.25) is 0 Å². The van der Waals surface area contributed by atoms with Crippen molar-refractivity contribution in [2.45, 2.75) is 46.8 Å². The first kappa shape index (κ1) is 14.7. The minimum absolute atomic E-state index is 0.497. The third-order valence-corrected chi connectivity index (χ3v) is 3.62. The summed E-state index contributed by atoms with van der Waals surface area (Å²) < 4.78 is 1.89. The van der Waals surface area contributed by atoms with Gasteiger partial charge >= 0.3 is 0 Å². The zero-order valence-corrected chi connectivity index (χ0v) is 12.7. The van der Waals surface area contributed by atoms with Crippen LogP contribution in [0.4, 0.5) is 0 Å². The molecule has 0 aliphatic heterocycles. The van der Waals surface area contributed by atoms with Crippen LogP contribution < -0.4 is 0 Å². The van der Waals surface area contributed by atoms with Crippen LogP contribution in [0.25, 0.3) is 0 Å². The number of benzene rings is 1. The van der Waals surface area contributed by atoms with Crippen LogP contribution in [-0.2, 0) is 13.0 Å². The molecule has 0 fully saturated rings. The number of rotatable bonds is 5. The van der Waals surface area contributed by atoms with Gasteiger partial charge in [-0.2, -0.15) is 5.10 Å². The van der Waals surface area contributed by atoms with E-state index in [4.69, 9.17) is 0 Å². The average molecular weight is 273 g/mol. The summed E-state index contributed by atoms with van der Waals surface area (Å²) in [6.45, 7) is 9.23. The number of hydrogen-bond acceptors (Lipinski definition) is 3. The molecule has 1 aromatic carbocycles. The summed E-state index contributed by atoms with van der Waals surface area (Å²) in [5, 5.41) is 14.7. The molecule has 0 saturated carbocycles. The molecule has 0 saturated heterocycles. The predicted octanol–water partition coefficient (Wildman–Crippen LogP) is 2.83. The molecular weight excluding hydrogens is 250 g/mol. The Labute approximate surface area is 120 Å². The Morgan fingerprint density at radius 2 is 2.00 bits per heavy atom. The Kier molecular flexibility index (Phi) is 4.55. The molecule has 0 spiro atoms. The number of nitrogens with zero attached hydrogens (tertiary/aromatic N) is 3. The summed E-state index contributed by atoms with van der Waals surface area (Å²) in [7, 11) is 0. The molecule has 1 aromatic heterocycles. The van der Waals surface area contributed by atoms with Crippen LogP contribution in [0.3, 0.4) is 0 Å². The highest BCUT2D eigenvalue weighted by molar-refractivity contribution is 5.34. The van der Waals surface area contributed by atoms with Crippen LogP contribution >= 0.6 is 0 Å². The van der Waals surface area contributed by atoms with Crippen molar-refractivity contribution in [3.8, 4) is 0 Å². The Morgan fingerprint density at radius 1 is 1.25 bits per heavy atom. The van der Waals surface area contributed by atoms with Gasteiger partial charge in [-0.1, -0.05) is 32.0 Å². The van der Waals surface area contributed by atoms with Crippen molar-refractivity contribution in [1.82, 2.24) is 14.8 Å². The third kappa shape index (κ3) is 3.25. The zero-order chi connectivity index (χ0) is 14.7. The minimum Gasteiger partial charge on any atom is -0.388 e. The summed E-state index contributed by atoms with van der Waals surface area (Å²) in [6.07, 6.45) is 1.52. The molecule has 0 aliphatic carbocycles. The molecule has 4 heteroatoms. The lowest BCUT2D eigenvalue weighted by Crippen LogP contribution is -2.14. The second kappa shape index (κ2) is 6.18. The molecule has 108 valence electrons. The lowest BCUT2D eigenvalue weighted by Gasteiger charge is -2.16. The second-order valence-electron chi connectivity index (χ2n) is 5.76. The molecule has 0 amide bonds. The largest absolute Gasteiger partial charge is 0.388 e. The summed E-state index contributed by atoms with van der Waals surface area (Å²) in [5.74, 6) is 1.35. The highest BCUT2D eigenvalue weighted by atomic mass is 16.3. The molecular formula is C16H23N3O. The van der Waals surface area contributed by atoms with Crippen LogP contribution in [0.2, 0.25) is 0 Å². The third-order valence-electron chi connectivity index (χ3n) is 3.62. The molecule has 0 aliphatic rings. The molecule has 1 heterocycles. The predicted molar refractivity (Wildman–Crippen MR) is 79.4 cm³/mol. The zero-order valence-electron chi connectivity index (χ0n) is 12.7. The summed E-state index contributed by atoms with van der Waals surface area (Å²) in [6, 6.07) is 6.03. The van der Waals surface area contributed by atoms with Gasteiger partial charge in [0.25, 0.3) is 0 Å². The molecule has 2 aromatic rings. The summed E-state index contributed by atoms with van der Waals surface area (Å²) >= 11 is 0. The first-order chi connectivity index (χ1) is 9.49. The monoisotopic (exact) mass is 273 g/mol. The van der Waals surface area contributed by atoms with Gasteiger partial charge in [0.15, 0.2) is 0 Å². The maximum atomic E-state index is 10.5. The molecule has 2 rings (SSSR count). The van der Waals surface area contributed by atoms with Crippen molar-refractivity contribution in [2.24, 2.45) is 5.92 Å². The SMILES string of the molecule is Cc1cccc(C(O)Cc2ncnn2CC(C)C)c1C. The van der Waals surface area contributed by atoms with Crippen molar-refractivity contribution >= 4 is 0 Å². The normalized spacial score (nSPS) is 12.9. The van der Waals surface area contributed by atoms with E-state index in [-0.39, 0.29) is 0 Å². The number of aromatic nitrogens is 3. The van der Waals surface area contributed by atoms with E-state index in [1.807, 2.05) is 23.7 Å². The minimum atomic E-state index is -0.537. The van der Waals surface area contributed by atoms with E-state index in [9.17, 15) is 5.11 Å². The van der Waals surface area contributed by atoms with Gasteiger partial charge in [0.05, 0.1) is 6.10 Å². The number of aryl methyl sites for hydroxylation is 1. The first-order valence-electron chi connectivity index (χ1n) is 7.10. The van der Waals surface area contributed by atoms with Crippen molar-refractivity contribution < 1.29 is 5.11 Å². The Bertz CT molecular complexity index is 575. The van der Waals surface area contributed by atoms with Gasteiger partial charge in [-0.3, -0.25) is 0 Å². The summed E-state index contributed by atoms with van der Waals surface area (Å²) in [5.41, 5.74) is 3.32. The first-order valence-corrected chi connectivity index (χ1v) is 7.10. The van der Waals surface area contributed by atoms with Crippen LogP contribution in [0.5, 0.6) is 0 Å². The van der Waals surface area contributed by atoms with Crippen molar-refractivity contribution in [1.29, 1.82) is 0 Å². The lowest BCUT2D eigenvalue weighted by atomic mass is 9.97. The van der Waals surface area contributed by atoms with Gasteiger partial charge in [-0.15, -0.1) is 0 Å². The number of aliphatic hydroxyl groups excluding tert-OH is 1. The van der Waals surface area contributed by atoms with E-state index in [0.29, 0.717) is 12.3 Å². The van der Waals surface area contributed by atoms with Crippen molar-refractivity contribution in [2.75, 3.05) is 0 Å². The van der Waals surface area contributed by atoms with Crippen LogP contribution in [0.1, 0.15) is 42.5 Å².